The third-order valence-electron chi connectivity index (χ3n) is 11.5. The first kappa shape index (κ1) is 31.0. The second-order valence-electron chi connectivity index (χ2n) is 14.1. The van der Waals surface area contributed by atoms with Crippen LogP contribution in [-0.4, -0.2) is 99.3 Å². The highest BCUT2D eigenvalue weighted by atomic mass is 19.1. The minimum atomic E-state index is -0.662. The normalized spacial score (nSPS) is 22.5. The number of nitrogens with zero attached hydrogens (tertiary/aromatic N) is 7. The lowest BCUT2D eigenvalue weighted by atomic mass is 9.84. The number of halogens is 2. The highest BCUT2D eigenvalue weighted by molar-refractivity contribution is 6.04. The van der Waals surface area contributed by atoms with E-state index in [1.165, 1.54) is 35.6 Å². The predicted molar refractivity (Wildman–Crippen MR) is 185 cm³/mol. The lowest BCUT2D eigenvalue weighted by Crippen LogP contribution is -2.66. The third kappa shape index (κ3) is 4.69. The Bertz CT molecular complexity index is 2140. The molecule has 0 aliphatic carbocycles. The van der Waals surface area contributed by atoms with Crippen molar-refractivity contribution in [1.82, 2.24) is 30.2 Å². The zero-order valence-corrected chi connectivity index (χ0v) is 27.5. The summed E-state index contributed by atoms with van der Waals surface area (Å²) in [5.74, 6) is 1.55. The molecular weight excluding hydrogens is 642 g/mol. The molecule has 4 aromatic rings. The number of nitrogens with one attached hydrogen (secondary N) is 1. The van der Waals surface area contributed by atoms with Crippen molar-refractivity contribution in [3.05, 3.63) is 53.6 Å². The van der Waals surface area contributed by atoms with Crippen molar-refractivity contribution in [2.24, 2.45) is 4.99 Å². The number of urea groups is 1. The molecule has 1 unspecified atom stereocenters. The van der Waals surface area contributed by atoms with E-state index in [9.17, 15) is 14.3 Å². The van der Waals surface area contributed by atoms with E-state index >= 15 is 4.39 Å². The number of carbonyl (C=O) groups excluding carboxylic acids is 1. The van der Waals surface area contributed by atoms with Crippen LogP contribution >= 0.6 is 0 Å². The first-order valence-corrected chi connectivity index (χ1v) is 17.2. The molecule has 1 aromatic heterocycles. The van der Waals surface area contributed by atoms with Crippen molar-refractivity contribution in [3.8, 4) is 35.2 Å². The average Bonchev–Trinajstić information content (AvgIpc) is 3.92. The molecule has 0 saturated carbocycles. The summed E-state index contributed by atoms with van der Waals surface area (Å²) in [7, 11) is 0. The number of aromatic nitrogens is 2. The standard InChI is InChI=1S/C37H36F2N8O3/c1-2-25-29(38)8-5-23-17-24(48)18-28(30(23)25)26-6-7-27-32(31(26)39)42-34(50-20-37-9-3-13-45(37)14-4-10-37)43-33(27)44-15-11-36(19-44)12-16-46(36)35(49)47-22-40-21-41-47/h1,5-8,17-18,22,41,48H,3-4,9-16,19-21H2. The Labute approximate surface area is 287 Å². The zero-order chi connectivity index (χ0) is 34.2. The molecule has 50 heavy (non-hydrogen) atoms. The number of fused-ring (bicyclic) bond motifs is 3. The first-order chi connectivity index (χ1) is 24.3. The van der Waals surface area contributed by atoms with E-state index in [-0.39, 0.29) is 45.5 Å². The minimum absolute atomic E-state index is 0.0151. The monoisotopic (exact) mass is 678 g/mol. The van der Waals surface area contributed by atoms with E-state index < -0.39 is 17.2 Å². The van der Waals surface area contributed by atoms with E-state index in [0.717, 1.165) is 51.6 Å². The molecule has 5 aliphatic rings. The summed E-state index contributed by atoms with van der Waals surface area (Å²) in [6.07, 6.45) is 13.1. The molecule has 11 nitrogen and oxygen atoms in total. The summed E-state index contributed by atoms with van der Waals surface area (Å²) >= 11 is 0. The predicted octanol–water partition coefficient (Wildman–Crippen LogP) is 5.00. The number of phenols is 1. The van der Waals surface area contributed by atoms with Crippen LogP contribution in [-0.2, 0) is 0 Å². The lowest BCUT2D eigenvalue weighted by Gasteiger charge is -2.51. The summed E-state index contributed by atoms with van der Waals surface area (Å²) in [5.41, 5.74) is 2.89. The molecule has 13 heteroatoms. The largest absolute Gasteiger partial charge is 0.508 e. The van der Waals surface area contributed by atoms with E-state index in [1.807, 2.05) is 4.90 Å². The number of rotatable bonds is 5. The molecular formula is C37H36F2N8O3. The molecule has 1 spiro atoms. The average molecular weight is 679 g/mol. The second-order valence-corrected chi connectivity index (χ2v) is 14.1. The number of hydrogen-bond acceptors (Lipinski definition) is 9. The lowest BCUT2D eigenvalue weighted by molar-refractivity contribution is 0.0272. The Balaban J connectivity index is 1.14. The maximum absolute atomic E-state index is 17.0. The number of benzene rings is 3. The topological polar surface area (TPSA) is 110 Å². The molecule has 4 saturated heterocycles. The number of amides is 2. The van der Waals surface area contributed by atoms with E-state index in [0.29, 0.717) is 54.9 Å². The summed E-state index contributed by atoms with van der Waals surface area (Å²) in [4.78, 5) is 33.5. The highest BCUT2D eigenvalue weighted by Gasteiger charge is 2.53. The van der Waals surface area contributed by atoms with Crippen LogP contribution in [0.2, 0.25) is 0 Å². The maximum Gasteiger partial charge on any atom is 0.340 e. The van der Waals surface area contributed by atoms with Gasteiger partial charge in [-0.15, -0.1) is 6.42 Å². The Hall–Kier alpha value is -5.06. The van der Waals surface area contributed by atoms with Gasteiger partial charge in [0.05, 0.1) is 16.6 Å². The number of ether oxygens (including phenoxy) is 1. The number of terminal acetylenes is 1. The van der Waals surface area contributed by atoms with Crippen LogP contribution in [0.4, 0.5) is 19.4 Å². The molecule has 256 valence electrons. The van der Waals surface area contributed by atoms with Crippen molar-refractivity contribution in [2.75, 3.05) is 50.9 Å². The quantitative estimate of drug-likeness (QED) is 0.284. The van der Waals surface area contributed by atoms with Gasteiger partial charge in [0, 0.05) is 36.0 Å². The number of hydrogen-bond donors (Lipinski definition) is 2. The number of anilines is 1. The highest BCUT2D eigenvalue weighted by Crippen LogP contribution is 2.45. The Morgan fingerprint density at radius 2 is 1.84 bits per heavy atom. The fourth-order valence-electron chi connectivity index (χ4n) is 8.90. The van der Waals surface area contributed by atoms with Gasteiger partial charge in [0.15, 0.2) is 5.82 Å². The second kappa shape index (κ2) is 11.5. The molecule has 6 heterocycles. The number of aromatic hydroxyl groups is 1. The molecule has 0 bridgehead atoms. The molecule has 5 aliphatic heterocycles. The molecule has 9 rings (SSSR count). The van der Waals surface area contributed by atoms with Crippen LogP contribution in [0, 0.1) is 24.0 Å². The van der Waals surface area contributed by atoms with Crippen LogP contribution in [0.5, 0.6) is 11.8 Å². The van der Waals surface area contributed by atoms with Gasteiger partial charge in [-0.05, 0) is 86.8 Å². The molecule has 0 radical (unpaired) electrons. The summed E-state index contributed by atoms with van der Waals surface area (Å²) < 4.78 is 38.4. The van der Waals surface area contributed by atoms with E-state index in [1.54, 1.807) is 12.1 Å². The first-order valence-electron chi connectivity index (χ1n) is 17.2. The van der Waals surface area contributed by atoms with Gasteiger partial charge >= 0.3 is 12.0 Å². The number of likely N-dealkylation sites (tertiary alicyclic amines) is 1. The van der Waals surface area contributed by atoms with Crippen molar-refractivity contribution in [3.63, 3.8) is 0 Å². The van der Waals surface area contributed by atoms with Crippen LogP contribution < -0.4 is 15.1 Å². The van der Waals surface area contributed by atoms with Crippen LogP contribution in [0.1, 0.15) is 44.1 Å². The fraction of sp³-hybridized carbons (Fsp3) is 0.405. The summed E-state index contributed by atoms with van der Waals surface area (Å²) in [5, 5.41) is 13.3. The minimum Gasteiger partial charge on any atom is -0.508 e. The van der Waals surface area contributed by atoms with Gasteiger partial charge in [0.2, 0.25) is 0 Å². The van der Waals surface area contributed by atoms with Gasteiger partial charge in [-0.2, -0.15) is 9.97 Å². The molecule has 3 aromatic carbocycles. The van der Waals surface area contributed by atoms with Gasteiger partial charge in [-0.3, -0.25) is 9.89 Å². The fourth-order valence-corrected chi connectivity index (χ4v) is 8.90. The van der Waals surface area contributed by atoms with Crippen molar-refractivity contribution >= 4 is 39.9 Å². The van der Waals surface area contributed by atoms with E-state index in [4.69, 9.17) is 16.1 Å². The van der Waals surface area contributed by atoms with Crippen LogP contribution in [0.15, 0.2) is 41.4 Å². The van der Waals surface area contributed by atoms with E-state index in [2.05, 4.69) is 31.1 Å². The van der Waals surface area contributed by atoms with Gasteiger partial charge < -0.3 is 19.6 Å². The van der Waals surface area contributed by atoms with Crippen molar-refractivity contribution in [2.45, 2.75) is 49.6 Å². The van der Waals surface area contributed by atoms with Crippen molar-refractivity contribution in [1.29, 1.82) is 0 Å². The van der Waals surface area contributed by atoms with Gasteiger partial charge in [0.1, 0.15) is 42.5 Å². The smallest absolute Gasteiger partial charge is 0.340 e. The summed E-state index contributed by atoms with van der Waals surface area (Å²) in [6, 6.07) is 8.91. The van der Waals surface area contributed by atoms with Crippen molar-refractivity contribution < 1.29 is 23.4 Å². The number of aliphatic imine (C=N–C) groups is 1. The van der Waals surface area contributed by atoms with Gasteiger partial charge in [-0.1, -0.05) is 18.1 Å². The molecule has 2 amide bonds. The maximum atomic E-state index is 17.0. The van der Waals surface area contributed by atoms with Gasteiger partial charge in [0.25, 0.3) is 0 Å². The van der Waals surface area contributed by atoms with Crippen LogP contribution in [0.3, 0.4) is 0 Å². The summed E-state index contributed by atoms with van der Waals surface area (Å²) in [6.45, 7) is 4.57. The van der Waals surface area contributed by atoms with Crippen LogP contribution in [0.25, 0.3) is 32.8 Å². The zero-order valence-electron chi connectivity index (χ0n) is 27.5. The van der Waals surface area contributed by atoms with Gasteiger partial charge in [-0.25, -0.2) is 24.0 Å². The molecule has 1 atom stereocenters. The SMILES string of the molecule is C#Cc1c(F)ccc2cc(O)cc(-c3ccc4c(N5CCC6(CCN6C(=O)N6C=NCN6)C5)nc(OCC56CCCN5CCC6)nc4c3F)c12. The Morgan fingerprint density at radius 1 is 1.02 bits per heavy atom. The molecule has 2 N–H and O–H groups in total. The number of carbonyl (C=O) groups is 1. The number of hydrazine groups is 1. The Morgan fingerprint density at radius 3 is 2.58 bits per heavy atom. The molecule has 4 fully saturated rings. The number of phenolic OH excluding ortho intramolecular Hbond substituents is 1. The third-order valence-corrected chi connectivity index (χ3v) is 11.5. The Kier molecular flexibility index (Phi) is 7.12.